The van der Waals surface area contributed by atoms with Crippen molar-refractivity contribution in [2.75, 3.05) is 0 Å². The van der Waals surface area contributed by atoms with Crippen LogP contribution in [0.3, 0.4) is 0 Å². The van der Waals surface area contributed by atoms with E-state index in [4.69, 9.17) is 0 Å². The van der Waals surface area contributed by atoms with E-state index in [2.05, 4.69) is 91.1 Å². The maximum absolute atomic E-state index is 4.49. The van der Waals surface area contributed by atoms with Crippen LogP contribution in [-0.4, -0.2) is 12.4 Å². The molecule has 0 spiro atoms. The van der Waals surface area contributed by atoms with Gasteiger partial charge < -0.3 is 0 Å². The van der Waals surface area contributed by atoms with Crippen molar-refractivity contribution in [3.8, 4) is 0 Å². The Morgan fingerprint density at radius 3 is 2.75 bits per heavy atom. The normalized spacial score (nSPS) is 16.8. The first-order valence-corrected chi connectivity index (χ1v) is 9.72. The van der Waals surface area contributed by atoms with Crippen LogP contribution in [0.1, 0.15) is 32.8 Å². The van der Waals surface area contributed by atoms with E-state index in [-0.39, 0.29) is 5.41 Å². The molecular weight excluding hydrogens is 340 g/mol. The zero-order valence-corrected chi connectivity index (χ0v) is 16.7. The maximum atomic E-state index is 4.49. The molecule has 0 bridgehead atoms. The summed E-state index contributed by atoms with van der Waals surface area (Å²) in [6.45, 7) is 6.75. The fraction of sp³-hybridized carbons (Fsp3) is 0.192. The van der Waals surface area contributed by atoms with Crippen LogP contribution < -0.4 is 15.2 Å². The third-order valence-corrected chi connectivity index (χ3v) is 5.11. The van der Waals surface area contributed by atoms with Crippen LogP contribution >= 0.6 is 0 Å². The minimum absolute atomic E-state index is 0.0686. The van der Waals surface area contributed by atoms with Crippen molar-refractivity contribution in [2.24, 2.45) is 10.4 Å². The average Bonchev–Trinajstić information content (AvgIpc) is 3.29. The van der Waals surface area contributed by atoms with Gasteiger partial charge in [-0.1, -0.05) is 78.7 Å². The van der Waals surface area contributed by atoms with E-state index in [1.807, 2.05) is 24.6 Å². The molecule has 0 N–H and O–H groups in total. The molecule has 2 aliphatic heterocycles. The lowest BCUT2D eigenvalue weighted by molar-refractivity contribution is 0.476. The Morgan fingerprint density at radius 1 is 1.07 bits per heavy atom. The summed E-state index contributed by atoms with van der Waals surface area (Å²) < 4.78 is 4.49. The van der Waals surface area contributed by atoms with E-state index in [0.717, 1.165) is 17.5 Å². The molecule has 0 saturated heterocycles. The first-order chi connectivity index (χ1) is 13.5. The van der Waals surface area contributed by atoms with Gasteiger partial charge in [0.1, 0.15) is 0 Å². The number of hydrogen-bond acceptors (Lipinski definition) is 1. The van der Waals surface area contributed by atoms with Crippen molar-refractivity contribution >= 4 is 29.3 Å². The zero-order valence-electron chi connectivity index (χ0n) is 16.7. The summed E-state index contributed by atoms with van der Waals surface area (Å²) in [4.78, 5) is 4.48. The highest BCUT2D eigenvalue weighted by Crippen LogP contribution is 2.32. The summed E-state index contributed by atoms with van der Waals surface area (Å²) in [5, 5.41) is 2.27. The molecule has 28 heavy (non-hydrogen) atoms. The predicted octanol–water partition coefficient (Wildman–Crippen LogP) is 4.33. The molecule has 0 amide bonds. The van der Waals surface area contributed by atoms with E-state index in [1.165, 1.54) is 27.5 Å². The van der Waals surface area contributed by atoms with Crippen LogP contribution in [0.25, 0.3) is 11.1 Å². The molecule has 0 aromatic heterocycles. The van der Waals surface area contributed by atoms with Gasteiger partial charge in [-0.25, -0.2) is 0 Å². The Hall–Kier alpha value is -3.22. The number of fused-ring (bicyclic) bond motifs is 2. The number of nitrogens with zero attached hydrogens (tertiary/aromatic N) is 2. The highest BCUT2D eigenvalue weighted by molar-refractivity contribution is 6.16. The molecule has 2 nitrogen and oxygen atoms in total. The van der Waals surface area contributed by atoms with Crippen LogP contribution in [0.4, 0.5) is 5.69 Å². The molecular formula is C26H25N2+. The summed E-state index contributed by atoms with van der Waals surface area (Å²) in [6, 6.07) is 16.6. The molecule has 0 saturated carbocycles. The number of allylic oxidation sites excluding steroid dienone is 6. The van der Waals surface area contributed by atoms with E-state index in [9.17, 15) is 0 Å². The van der Waals surface area contributed by atoms with E-state index < -0.39 is 0 Å². The largest absolute Gasteiger partial charge is 0.335 e. The minimum atomic E-state index is 0.0686. The molecule has 0 atom stereocenters. The molecule has 4 rings (SSSR count). The molecule has 2 heteroatoms. The molecule has 2 aliphatic rings. The molecule has 0 unspecified atom stereocenters. The third kappa shape index (κ3) is 3.88. The lowest BCUT2D eigenvalue weighted by Gasteiger charge is -2.20. The topological polar surface area (TPSA) is 26.5 Å². The van der Waals surface area contributed by atoms with Crippen molar-refractivity contribution in [2.45, 2.75) is 27.2 Å². The SMILES string of the molecule is C/C(=C/C=C1/C=Nc2ccccc21)CC(C)(C)/C=C\C1=c2ccccc2=[N+]=C1. The van der Waals surface area contributed by atoms with E-state index in [1.54, 1.807) is 0 Å². The van der Waals surface area contributed by atoms with Crippen LogP contribution in [0.2, 0.25) is 0 Å². The summed E-state index contributed by atoms with van der Waals surface area (Å²) in [5.41, 5.74) is 6.05. The van der Waals surface area contributed by atoms with Crippen molar-refractivity contribution in [3.05, 3.63) is 94.5 Å². The quantitative estimate of drug-likeness (QED) is 0.705. The Labute approximate surface area is 166 Å². The maximum Gasteiger partial charge on any atom is 0.335 e. The first-order valence-electron chi connectivity index (χ1n) is 9.72. The Balaban J connectivity index is 1.48. The van der Waals surface area contributed by atoms with Gasteiger partial charge in [-0.2, -0.15) is 0 Å². The first kappa shape index (κ1) is 18.2. The summed E-state index contributed by atoms with van der Waals surface area (Å²) in [5.74, 6) is 0. The van der Waals surface area contributed by atoms with Gasteiger partial charge in [0.05, 0.1) is 16.5 Å². The molecule has 2 aromatic carbocycles. The van der Waals surface area contributed by atoms with Crippen LogP contribution in [0.15, 0.2) is 83.4 Å². The van der Waals surface area contributed by atoms with Gasteiger partial charge >= 0.3 is 11.6 Å². The van der Waals surface area contributed by atoms with Crippen molar-refractivity contribution in [1.29, 1.82) is 0 Å². The van der Waals surface area contributed by atoms with Crippen LogP contribution in [-0.2, 0) is 0 Å². The molecule has 0 radical (unpaired) electrons. The molecule has 138 valence electrons. The second-order valence-corrected chi connectivity index (χ2v) is 8.14. The van der Waals surface area contributed by atoms with Crippen LogP contribution in [0, 0.1) is 5.41 Å². The Morgan fingerprint density at radius 2 is 1.86 bits per heavy atom. The summed E-state index contributed by atoms with van der Waals surface area (Å²) >= 11 is 0. The van der Waals surface area contributed by atoms with Crippen LogP contribution in [0.5, 0.6) is 0 Å². The minimum Gasteiger partial charge on any atom is -0.256 e. The van der Waals surface area contributed by atoms with Crippen molar-refractivity contribution in [3.63, 3.8) is 0 Å². The number of rotatable bonds is 5. The van der Waals surface area contributed by atoms with Gasteiger partial charge in [-0.3, -0.25) is 4.99 Å². The predicted molar refractivity (Wildman–Crippen MR) is 120 cm³/mol. The molecule has 0 fully saturated rings. The number of benzene rings is 2. The van der Waals surface area contributed by atoms with E-state index >= 15 is 0 Å². The van der Waals surface area contributed by atoms with Gasteiger partial charge in [0.15, 0.2) is 0 Å². The zero-order chi connectivity index (χ0) is 19.6. The van der Waals surface area contributed by atoms with Gasteiger partial charge in [-0.15, -0.1) is 0 Å². The average molecular weight is 366 g/mol. The Bertz CT molecular complexity index is 1200. The van der Waals surface area contributed by atoms with Crippen molar-refractivity contribution < 1.29 is 0 Å². The fourth-order valence-electron chi connectivity index (χ4n) is 3.73. The highest BCUT2D eigenvalue weighted by Gasteiger charge is 2.16. The standard InChI is InChI=1S/C26H25N2/c1-19(12-13-20-17-27-24-10-6-4-8-22(20)24)16-26(2,3)15-14-21-18-28-25-11-7-5-9-23(21)25/h4-15,17-18H,16H2,1-3H3/q+1/b15-14-,19-12-,20-13-. The fourth-order valence-corrected chi connectivity index (χ4v) is 3.73. The Kier molecular flexibility index (Phi) is 4.81. The lowest BCUT2D eigenvalue weighted by Crippen LogP contribution is -2.24. The molecule has 0 aliphatic carbocycles. The van der Waals surface area contributed by atoms with Crippen molar-refractivity contribution in [1.82, 2.24) is 4.67 Å². The number of para-hydroxylation sites is 2. The third-order valence-electron chi connectivity index (χ3n) is 5.11. The molecule has 2 aromatic rings. The summed E-state index contributed by atoms with van der Waals surface area (Å²) in [6.07, 6.45) is 13.8. The van der Waals surface area contributed by atoms with E-state index in [0.29, 0.717) is 0 Å². The second-order valence-electron chi connectivity index (χ2n) is 8.14. The van der Waals surface area contributed by atoms with Gasteiger partial charge in [0.25, 0.3) is 0 Å². The smallest absolute Gasteiger partial charge is 0.256 e. The lowest BCUT2D eigenvalue weighted by atomic mass is 9.85. The summed E-state index contributed by atoms with van der Waals surface area (Å²) in [7, 11) is 0. The number of hydrogen-bond donors (Lipinski definition) is 0. The second kappa shape index (κ2) is 7.42. The van der Waals surface area contributed by atoms with Gasteiger partial charge in [0, 0.05) is 23.4 Å². The molecule has 2 heterocycles. The highest BCUT2D eigenvalue weighted by atomic mass is 14.7. The number of aliphatic imine (C=N–C) groups is 1. The van der Waals surface area contributed by atoms with Gasteiger partial charge in [-0.05, 0) is 30.9 Å². The van der Waals surface area contributed by atoms with Gasteiger partial charge in [0.2, 0.25) is 0 Å². The monoisotopic (exact) mass is 365 g/mol.